The van der Waals surface area contributed by atoms with E-state index in [-0.39, 0.29) is 0 Å². The van der Waals surface area contributed by atoms with Crippen molar-refractivity contribution in [3.8, 4) is 5.75 Å². The summed E-state index contributed by atoms with van der Waals surface area (Å²) in [5.41, 5.74) is 1.77. The Kier molecular flexibility index (Phi) is 1.99. The van der Waals surface area contributed by atoms with Gasteiger partial charge in [0.05, 0.1) is 7.11 Å². The van der Waals surface area contributed by atoms with Crippen LogP contribution in [0.3, 0.4) is 0 Å². The van der Waals surface area contributed by atoms with Crippen molar-refractivity contribution in [1.82, 2.24) is 5.32 Å². The molecular weight excluding hydrogens is 186 g/mol. The van der Waals surface area contributed by atoms with Gasteiger partial charge in [0, 0.05) is 17.5 Å². The number of fused-ring (bicyclic) bond motifs is 2. The molecule has 1 aromatic carbocycles. The molecule has 2 nitrogen and oxygen atoms in total. The zero-order valence-corrected chi connectivity index (χ0v) is 9.12. The summed E-state index contributed by atoms with van der Waals surface area (Å²) < 4.78 is 5.46. The SMILES string of the molecule is COc1ccccc1C12CNCC(C1)C2. The third kappa shape index (κ3) is 1.28. The van der Waals surface area contributed by atoms with Crippen LogP contribution >= 0.6 is 0 Å². The molecule has 2 heterocycles. The van der Waals surface area contributed by atoms with E-state index in [0.29, 0.717) is 5.41 Å². The Labute approximate surface area is 90.6 Å². The summed E-state index contributed by atoms with van der Waals surface area (Å²) >= 11 is 0. The minimum atomic E-state index is 0.371. The molecule has 15 heavy (non-hydrogen) atoms. The lowest BCUT2D eigenvalue weighted by Crippen LogP contribution is -2.57. The van der Waals surface area contributed by atoms with Gasteiger partial charge in [-0.3, -0.25) is 0 Å². The molecule has 0 amide bonds. The van der Waals surface area contributed by atoms with E-state index in [9.17, 15) is 0 Å². The minimum Gasteiger partial charge on any atom is -0.496 e. The van der Waals surface area contributed by atoms with Crippen LogP contribution in [-0.2, 0) is 5.41 Å². The Hall–Kier alpha value is -1.02. The van der Waals surface area contributed by atoms with Crippen LogP contribution in [0.15, 0.2) is 24.3 Å². The molecule has 2 saturated heterocycles. The number of benzene rings is 1. The summed E-state index contributed by atoms with van der Waals surface area (Å²) in [4.78, 5) is 0. The lowest BCUT2D eigenvalue weighted by atomic mass is 9.56. The summed E-state index contributed by atoms with van der Waals surface area (Å²) in [6, 6.07) is 8.47. The number of piperidine rings is 2. The van der Waals surface area contributed by atoms with Gasteiger partial charge in [-0.15, -0.1) is 0 Å². The summed E-state index contributed by atoms with van der Waals surface area (Å²) in [5, 5.41) is 3.52. The summed E-state index contributed by atoms with van der Waals surface area (Å²) in [6.07, 6.45) is 2.67. The van der Waals surface area contributed by atoms with Crippen molar-refractivity contribution in [3.05, 3.63) is 29.8 Å². The fourth-order valence-electron chi connectivity index (χ4n) is 3.25. The van der Waals surface area contributed by atoms with Crippen molar-refractivity contribution >= 4 is 0 Å². The van der Waals surface area contributed by atoms with Gasteiger partial charge in [0.1, 0.15) is 5.75 Å². The summed E-state index contributed by atoms with van der Waals surface area (Å²) in [7, 11) is 1.77. The second kappa shape index (κ2) is 3.24. The van der Waals surface area contributed by atoms with E-state index < -0.39 is 0 Å². The number of nitrogens with one attached hydrogen (secondary N) is 1. The van der Waals surface area contributed by atoms with Crippen molar-refractivity contribution in [1.29, 1.82) is 0 Å². The van der Waals surface area contributed by atoms with Gasteiger partial charge in [-0.1, -0.05) is 18.2 Å². The molecule has 0 aromatic heterocycles. The van der Waals surface area contributed by atoms with Gasteiger partial charge in [0.2, 0.25) is 0 Å². The van der Waals surface area contributed by atoms with Crippen molar-refractivity contribution in [2.75, 3.05) is 20.2 Å². The van der Waals surface area contributed by atoms with E-state index in [1.807, 2.05) is 6.07 Å². The number of hydrogen-bond donors (Lipinski definition) is 1. The third-order valence-corrected chi connectivity index (χ3v) is 3.93. The van der Waals surface area contributed by atoms with Crippen molar-refractivity contribution in [2.24, 2.45) is 5.92 Å². The predicted molar refractivity (Wildman–Crippen MR) is 60.3 cm³/mol. The van der Waals surface area contributed by atoms with Crippen LogP contribution in [0, 0.1) is 5.92 Å². The molecule has 0 spiro atoms. The first-order valence-electron chi connectivity index (χ1n) is 5.68. The number of hydrogen-bond acceptors (Lipinski definition) is 2. The van der Waals surface area contributed by atoms with Gasteiger partial charge >= 0.3 is 0 Å². The molecule has 1 N–H and O–H groups in total. The van der Waals surface area contributed by atoms with Crippen LogP contribution < -0.4 is 10.1 Å². The molecule has 4 rings (SSSR count). The molecule has 1 saturated carbocycles. The highest BCUT2D eigenvalue weighted by atomic mass is 16.5. The van der Waals surface area contributed by atoms with Crippen LogP contribution in [0.2, 0.25) is 0 Å². The average molecular weight is 203 g/mol. The highest BCUT2D eigenvalue weighted by molar-refractivity contribution is 5.42. The Bertz CT molecular complexity index is 363. The Morgan fingerprint density at radius 2 is 2.13 bits per heavy atom. The highest BCUT2D eigenvalue weighted by Gasteiger charge is 2.49. The Balaban J connectivity index is 1.98. The lowest BCUT2D eigenvalue weighted by molar-refractivity contribution is 0.0875. The zero-order chi connectivity index (χ0) is 10.3. The van der Waals surface area contributed by atoms with Gasteiger partial charge in [0.15, 0.2) is 0 Å². The number of rotatable bonds is 2. The fraction of sp³-hybridized carbons (Fsp3) is 0.538. The van der Waals surface area contributed by atoms with Gasteiger partial charge < -0.3 is 10.1 Å². The maximum atomic E-state index is 5.46. The largest absolute Gasteiger partial charge is 0.496 e. The molecule has 2 bridgehead atoms. The lowest BCUT2D eigenvalue weighted by Gasteiger charge is -2.53. The van der Waals surface area contributed by atoms with E-state index in [4.69, 9.17) is 4.74 Å². The van der Waals surface area contributed by atoms with Crippen LogP contribution in [0.4, 0.5) is 0 Å². The smallest absolute Gasteiger partial charge is 0.122 e. The van der Waals surface area contributed by atoms with Crippen LogP contribution in [-0.4, -0.2) is 20.2 Å². The molecule has 1 aliphatic carbocycles. The summed E-state index contributed by atoms with van der Waals surface area (Å²) in [6.45, 7) is 2.32. The van der Waals surface area contributed by atoms with Crippen molar-refractivity contribution in [3.63, 3.8) is 0 Å². The topological polar surface area (TPSA) is 21.3 Å². The number of ether oxygens (including phenoxy) is 1. The minimum absolute atomic E-state index is 0.371. The van der Waals surface area contributed by atoms with Crippen LogP contribution in [0.1, 0.15) is 18.4 Å². The van der Waals surface area contributed by atoms with E-state index in [2.05, 4.69) is 23.5 Å². The average Bonchev–Trinajstić information content (AvgIpc) is 2.28. The van der Waals surface area contributed by atoms with E-state index in [1.165, 1.54) is 24.9 Å². The molecule has 1 aromatic rings. The second-order valence-electron chi connectivity index (χ2n) is 4.89. The van der Waals surface area contributed by atoms with Gasteiger partial charge in [-0.05, 0) is 31.4 Å². The van der Waals surface area contributed by atoms with Gasteiger partial charge in [0.25, 0.3) is 0 Å². The fourth-order valence-corrected chi connectivity index (χ4v) is 3.25. The van der Waals surface area contributed by atoms with Crippen LogP contribution in [0.25, 0.3) is 0 Å². The van der Waals surface area contributed by atoms with E-state index in [1.54, 1.807) is 7.11 Å². The molecule has 2 aliphatic heterocycles. The molecular formula is C13H17NO. The third-order valence-electron chi connectivity index (χ3n) is 3.93. The second-order valence-corrected chi connectivity index (χ2v) is 4.89. The molecule has 0 unspecified atom stereocenters. The Morgan fingerprint density at radius 1 is 1.33 bits per heavy atom. The van der Waals surface area contributed by atoms with Crippen molar-refractivity contribution < 1.29 is 4.74 Å². The number of para-hydroxylation sites is 1. The van der Waals surface area contributed by atoms with E-state index >= 15 is 0 Å². The molecule has 0 radical (unpaired) electrons. The van der Waals surface area contributed by atoms with Crippen molar-refractivity contribution in [2.45, 2.75) is 18.3 Å². The van der Waals surface area contributed by atoms with Gasteiger partial charge in [-0.2, -0.15) is 0 Å². The molecule has 3 fully saturated rings. The molecule has 2 heteroatoms. The monoisotopic (exact) mass is 203 g/mol. The Morgan fingerprint density at radius 3 is 2.80 bits per heavy atom. The quantitative estimate of drug-likeness (QED) is 0.793. The van der Waals surface area contributed by atoms with Crippen LogP contribution in [0.5, 0.6) is 5.75 Å². The predicted octanol–water partition coefficient (Wildman–Crippen LogP) is 1.95. The highest BCUT2D eigenvalue weighted by Crippen LogP contribution is 2.51. The van der Waals surface area contributed by atoms with E-state index in [0.717, 1.165) is 18.2 Å². The number of methoxy groups -OCH3 is 1. The standard InChI is InChI=1S/C13H17NO/c1-15-12-5-3-2-4-11(12)13-6-10(7-13)8-14-9-13/h2-5,10,14H,6-9H2,1H3. The maximum Gasteiger partial charge on any atom is 0.122 e. The first kappa shape index (κ1) is 9.22. The first-order valence-corrected chi connectivity index (χ1v) is 5.68. The summed E-state index contributed by atoms with van der Waals surface area (Å²) in [5.74, 6) is 1.95. The molecule has 0 atom stereocenters. The molecule has 3 aliphatic rings. The normalized spacial score (nSPS) is 33.3. The molecule has 80 valence electrons. The zero-order valence-electron chi connectivity index (χ0n) is 9.12. The maximum absolute atomic E-state index is 5.46. The first-order chi connectivity index (χ1) is 7.34. The van der Waals surface area contributed by atoms with Gasteiger partial charge in [-0.25, -0.2) is 0 Å².